The van der Waals surface area contributed by atoms with E-state index in [0.29, 0.717) is 35.4 Å². The number of halogens is 3. The van der Waals surface area contributed by atoms with Gasteiger partial charge >= 0.3 is 0 Å². The molecule has 5 nitrogen and oxygen atoms in total. The number of piperidine rings is 1. The first-order valence-electron chi connectivity index (χ1n) is 8.77. The Morgan fingerprint density at radius 2 is 2.00 bits per heavy atom. The highest BCUT2D eigenvalue weighted by atomic mass is 35.5. The van der Waals surface area contributed by atoms with Gasteiger partial charge in [0.25, 0.3) is 0 Å². The Balaban J connectivity index is 0.00000182. The number of nitrogens with zero attached hydrogens (tertiary/aromatic N) is 2. The fourth-order valence-corrected chi connectivity index (χ4v) is 3.49. The van der Waals surface area contributed by atoms with Crippen LogP contribution in [0.3, 0.4) is 0 Å². The van der Waals surface area contributed by atoms with Crippen LogP contribution in [0.4, 0.5) is 0 Å². The van der Waals surface area contributed by atoms with E-state index < -0.39 is 0 Å². The number of carbonyl (C=O) groups excluding carboxylic acids is 1. The number of rotatable bonds is 5. The van der Waals surface area contributed by atoms with Crippen molar-refractivity contribution < 1.29 is 9.21 Å². The van der Waals surface area contributed by atoms with E-state index >= 15 is 0 Å². The van der Waals surface area contributed by atoms with E-state index in [9.17, 15) is 4.79 Å². The average Bonchev–Trinajstić information content (AvgIpc) is 3.09. The molecule has 0 saturated carbocycles. The molecule has 1 aromatic heterocycles. The minimum atomic E-state index is 0. The number of benzene rings is 1. The van der Waals surface area contributed by atoms with Gasteiger partial charge in [-0.3, -0.25) is 4.79 Å². The third kappa shape index (κ3) is 6.11. The molecule has 1 aromatic carbocycles. The molecule has 0 bridgehead atoms. The van der Waals surface area contributed by atoms with Crippen molar-refractivity contribution in [1.82, 2.24) is 9.88 Å². The molecular weight excluding hydrogens is 409 g/mol. The minimum Gasteiger partial charge on any atom is -0.441 e. The Morgan fingerprint density at radius 3 is 2.63 bits per heavy atom. The van der Waals surface area contributed by atoms with Crippen molar-refractivity contribution in [2.45, 2.75) is 38.6 Å². The topological polar surface area (TPSA) is 72.4 Å². The summed E-state index contributed by atoms with van der Waals surface area (Å²) in [5.41, 5.74) is 6.76. The third-order valence-corrected chi connectivity index (χ3v) is 5.21. The normalized spacial score (nSPS) is 15.6. The van der Waals surface area contributed by atoms with Crippen LogP contribution in [0.2, 0.25) is 5.02 Å². The number of aromatic nitrogens is 1. The van der Waals surface area contributed by atoms with E-state index in [1.165, 1.54) is 0 Å². The van der Waals surface area contributed by atoms with Gasteiger partial charge in [-0.25, -0.2) is 4.98 Å². The SMILES string of the molecule is CC(N)C1CCN(C(=O)CCc2ncc(-c3ccccc3Cl)o2)CC1.Cl.Cl. The second kappa shape index (κ2) is 10.9. The van der Waals surface area contributed by atoms with Crippen molar-refractivity contribution in [3.05, 3.63) is 41.4 Å². The van der Waals surface area contributed by atoms with Gasteiger partial charge in [-0.15, -0.1) is 24.8 Å². The van der Waals surface area contributed by atoms with Gasteiger partial charge < -0.3 is 15.1 Å². The molecule has 150 valence electrons. The zero-order chi connectivity index (χ0) is 17.8. The van der Waals surface area contributed by atoms with Gasteiger partial charge in [0.2, 0.25) is 5.91 Å². The summed E-state index contributed by atoms with van der Waals surface area (Å²) in [5, 5.41) is 0.623. The number of hydrogen-bond acceptors (Lipinski definition) is 4. The Morgan fingerprint density at radius 1 is 1.33 bits per heavy atom. The van der Waals surface area contributed by atoms with E-state index in [1.807, 2.05) is 36.1 Å². The maximum absolute atomic E-state index is 12.4. The first-order valence-corrected chi connectivity index (χ1v) is 9.15. The molecule has 1 fully saturated rings. The van der Waals surface area contributed by atoms with Crippen molar-refractivity contribution in [1.29, 1.82) is 0 Å². The average molecular weight is 435 g/mol. The third-order valence-electron chi connectivity index (χ3n) is 4.88. The quantitative estimate of drug-likeness (QED) is 0.759. The van der Waals surface area contributed by atoms with Crippen LogP contribution in [0, 0.1) is 5.92 Å². The largest absolute Gasteiger partial charge is 0.441 e. The molecule has 1 aliphatic rings. The molecule has 8 heteroatoms. The predicted molar refractivity (Wildman–Crippen MR) is 113 cm³/mol. The zero-order valence-electron chi connectivity index (χ0n) is 15.3. The number of aryl methyl sites for hydroxylation is 1. The van der Waals surface area contributed by atoms with Crippen molar-refractivity contribution in [3.63, 3.8) is 0 Å². The second-order valence-corrected chi connectivity index (χ2v) is 7.08. The molecule has 27 heavy (non-hydrogen) atoms. The smallest absolute Gasteiger partial charge is 0.223 e. The lowest BCUT2D eigenvalue weighted by Crippen LogP contribution is -2.42. The van der Waals surface area contributed by atoms with Gasteiger partial charge in [0.1, 0.15) is 0 Å². The van der Waals surface area contributed by atoms with Gasteiger partial charge in [0.15, 0.2) is 11.7 Å². The number of likely N-dealkylation sites (tertiary alicyclic amines) is 1. The van der Waals surface area contributed by atoms with E-state index in [4.69, 9.17) is 21.8 Å². The summed E-state index contributed by atoms with van der Waals surface area (Å²) in [5.74, 6) is 1.87. The van der Waals surface area contributed by atoms with Gasteiger partial charge in [0, 0.05) is 37.5 Å². The first-order chi connectivity index (χ1) is 12.0. The van der Waals surface area contributed by atoms with E-state index in [0.717, 1.165) is 31.5 Å². The zero-order valence-corrected chi connectivity index (χ0v) is 17.7. The number of oxazole rings is 1. The van der Waals surface area contributed by atoms with Crippen LogP contribution in [0.1, 0.15) is 32.1 Å². The van der Waals surface area contributed by atoms with Crippen LogP contribution in [0.5, 0.6) is 0 Å². The maximum atomic E-state index is 12.4. The molecule has 2 aromatic rings. The molecule has 1 aliphatic heterocycles. The van der Waals surface area contributed by atoms with E-state index in [1.54, 1.807) is 6.20 Å². The van der Waals surface area contributed by atoms with Gasteiger partial charge in [-0.2, -0.15) is 0 Å². The Bertz CT molecular complexity index is 728. The molecule has 1 saturated heterocycles. The summed E-state index contributed by atoms with van der Waals surface area (Å²) in [7, 11) is 0. The number of carbonyl (C=O) groups is 1. The maximum Gasteiger partial charge on any atom is 0.223 e. The molecule has 2 N–H and O–H groups in total. The van der Waals surface area contributed by atoms with Crippen LogP contribution >= 0.6 is 36.4 Å². The van der Waals surface area contributed by atoms with Crippen LogP contribution in [0.25, 0.3) is 11.3 Å². The van der Waals surface area contributed by atoms with Crippen LogP contribution in [-0.2, 0) is 11.2 Å². The molecule has 0 radical (unpaired) electrons. The summed E-state index contributed by atoms with van der Waals surface area (Å²) in [6.45, 7) is 3.63. The van der Waals surface area contributed by atoms with Gasteiger partial charge in [-0.05, 0) is 37.8 Å². The molecule has 0 spiro atoms. The van der Waals surface area contributed by atoms with Crippen molar-refractivity contribution in [3.8, 4) is 11.3 Å². The predicted octanol–water partition coefficient (Wildman–Crippen LogP) is 4.36. The molecule has 1 amide bonds. The molecule has 1 unspecified atom stereocenters. The minimum absolute atomic E-state index is 0. The lowest BCUT2D eigenvalue weighted by Gasteiger charge is -2.33. The van der Waals surface area contributed by atoms with Crippen molar-refractivity contribution >= 4 is 42.3 Å². The highest BCUT2D eigenvalue weighted by molar-refractivity contribution is 6.33. The van der Waals surface area contributed by atoms with Crippen molar-refractivity contribution in [2.24, 2.45) is 11.7 Å². The summed E-state index contributed by atoms with van der Waals surface area (Å²) in [4.78, 5) is 18.6. The van der Waals surface area contributed by atoms with Gasteiger partial charge in [-0.1, -0.05) is 23.7 Å². The molecule has 2 heterocycles. The molecule has 3 rings (SSSR count). The Kier molecular flexibility index (Phi) is 9.60. The Hall–Kier alpha value is -1.27. The fraction of sp³-hybridized carbons (Fsp3) is 0.474. The van der Waals surface area contributed by atoms with Crippen LogP contribution < -0.4 is 5.73 Å². The number of amides is 1. The number of nitrogens with two attached hydrogens (primary N) is 1. The number of hydrogen-bond donors (Lipinski definition) is 1. The summed E-state index contributed by atoms with van der Waals surface area (Å²) in [6, 6.07) is 7.68. The van der Waals surface area contributed by atoms with Crippen molar-refractivity contribution in [2.75, 3.05) is 13.1 Å². The molecular formula is C19H26Cl3N3O2. The Labute approximate surface area is 177 Å². The summed E-state index contributed by atoms with van der Waals surface area (Å²) >= 11 is 6.17. The van der Waals surface area contributed by atoms with E-state index in [-0.39, 0.29) is 36.8 Å². The van der Waals surface area contributed by atoms with E-state index in [2.05, 4.69) is 4.98 Å². The second-order valence-electron chi connectivity index (χ2n) is 6.68. The standard InChI is InChI=1S/C19H24ClN3O2.2ClH/c1-13(21)14-8-10-23(11-9-14)19(24)7-6-18-22-12-17(25-18)15-4-2-3-5-16(15)20;;/h2-5,12-14H,6-11,21H2,1H3;2*1H. The molecule has 1 atom stereocenters. The highest BCUT2D eigenvalue weighted by Crippen LogP contribution is 2.28. The summed E-state index contributed by atoms with van der Waals surface area (Å²) in [6.07, 6.45) is 4.54. The lowest BCUT2D eigenvalue weighted by molar-refractivity contribution is -0.132. The van der Waals surface area contributed by atoms with Crippen LogP contribution in [-0.4, -0.2) is 34.9 Å². The fourth-order valence-electron chi connectivity index (χ4n) is 3.26. The molecule has 0 aliphatic carbocycles. The monoisotopic (exact) mass is 433 g/mol. The lowest BCUT2D eigenvalue weighted by atomic mass is 9.91. The van der Waals surface area contributed by atoms with Crippen LogP contribution in [0.15, 0.2) is 34.9 Å². The first kappa shape index (κ1) is 23.8. The highest BCUT2D eigenvalue weighted by Gasteiger charge is 2.24. The summed E-state index contributed by atoms with van der Waals surface area (Å²) < 4.78 is 5.75. The van der Waals surface area contributed by atoms with Gasteiger partial charge in [0.05, 0.1) is 11.2 Å².